The van der Waals surface area contributed by atoms with Gasteiger partial charge in [0.2, 0.25) is 17.6 Å². The van der Waals surface area contributed by atoms with Gasteiger partial charge in [0.25, 0.3) is 0 Å². The van der Waals surface area contributed by atoms with Gasteiger partial charge in [-0.1, -0.05) is 34.4 Å². The summed E-state index contributed by atoms with van der Waals surface area (Å²) in [5, 5.41) is 8.87. The van der Waals surface area contributed by atoms with E-state index in [4.69, 9.17) is 27.7 Å². The molecule has 0 bridgehead atoms. The van der Waals surface area contributed by atoms with Crippen LogP contribution in [0.1, 0.15) is 31.7 Å². The predicted molar refractivity (Wildman–Crippen MR) is 108 cm³/mol. The summed E-state index contributed by atoms with van der Waals surface area (Å²) >= 11 is 13.6. The third kappa shape index (κ3) is 5.09. The second-order valence-corrected chi connectivity index (χ2v) is 7.98. The van der Waals surface area contributed by atoms with E-state index >= 15 is 0 Å². The lowest BCUT2D eigenvalue weighted by Crippen LogP contribution is -2.36. The van der Waals surface area contributed by atoms with E-state index in [9.17, 15) is 4.79 Å². The molecule has 0 saturated carbocycles. The van der Waals surface area contributed by atoms with E-state index in [-0.39, 0.29) is 11.9 Å². The summed E-state index contributed by atoms with van der Waals surface area (Å²) in [7, 11) is 0. The standard InChI is InChI=1S/C19H19Cl2N3O2S/c1-12(2)24(10-13-3-4-15(20)16(21)9-13)18(25)6-5-17-22-19(23-26-17)14-7-8-27-11-14/h3-4,7-9,11-12H,5-6,10H2,1-2H3. The molecule has 0 saturated heterocycles. The second-order valence-electron chi connectivity index (χ2n) is 6.39. The molecule has 8 heteroatoms. The number of amides is 1. The van der Waals surface area contributed by atoms with Crippen LogP contribution in [0.25, 0.3) is 11.4 Å². The molecule has 3 aromatic rings. The van der Waals surface area contributed by atoms with Crippen molar-refractivity contribution in [2.24, 2.45) is 0 Å². The first-order valence-electron chi connectivity index (χ1n) is 8.52. The zero-order valence-electron chi connectivity index (χ0n) is 15.0. The van der Waals surface area contributed by atoms with E-state index < -0.39 is 0 Å². The van der Waals surface area contributed by atoms with E-state index in [0.717, 1.165) is 11.1 Å². The number of hydrogen-bond donors (Lipinski definition) is 0. The Balaban J connectivity index is 1.62. The fourth-order valence-electron chi connectivity index (χ4n) is 2.62. The maximum atomic E-state index is 12.7. The molecule has 0 N–H and O–H groups in total. The van der Waals surface area contributed by atoms with Crippen LogP contribution in [0.5, 0.6) is 0 Å². The second kappa shape index (κ2) is 8.87. The molecular formula is C19H19Cl2N3O2S. The fourth-order valence-corrected chi connectivity index (χ4v) is 3.57. The molecule has 0 aliphatic carbocycles. The van der Waals surface area contributed by atoms with E-state index in [2.05, 4.69) is 10.1 Å². The molecule has 0 radical (unpaired) electrons. The van der Waals surface area contributed by atoms with Crippen LogP contribution in [-0.4, -0.2) is 27.0 Å². The van der Waals surface area contributed by atoms with Crippen molar-refractivity contribution in [3.05, 3.63) is 56.5 Å². The Morgan fingerprint density at radius 1 is 1.26 bits per heavy atom. The monoisotopic (exact) mass is 423 g/mol. The maximum Gasteiger partial charge on any atom is 0.227 e. The summed E-state index contributed by atoms with van der Waals surface area (Å²) in [6.45, 7) is 4.44. The highest BCUT2D eigenvalue weighted by molar-refractivity contribution is 7.08. The Labute approximate surface area is 171 Å². The largest absolute Gasteiger partial charge is 0.339 e. The van der Waals surface area contributed by atoms with Gasteiger partial charge in [-0.15, -0.1) is 0 Å². The Morgan fingerprint density at radius 2 is 2.07 bits per heavy atom. The van der Waals surface area contributed by atoms with Crippen molar-refractivity contribution < 1.29 is 9.32 Å². The van der Waals surface area contributed by atoms with Gasteiger partial charge in [0.15, 0.2) is 0 Å². The number of halogens is 2. The molecule has 0 aliphatic rings. The van der Waals surface area contributed by atoms with Crippen LogP contribution in [0, 0.1) is 0 Å². The highest BCUT2D eigenvalue weighted by Gasteiger charge is 2.19. The molecule has 3 rings (SSSR count). The highest BCUT2D eigenvalue weighted by atomic mass is 35.5. The summed E-state index contributed by atoms with van der Waals surface area (Å²) in [5.74, 6) is 1.03. The Morgan fingerprint density at radius 3 is 2.74 bits per heavy atom. The van der Waals surface area contributed by atoms with Gasteiger partial charge in [-0.2, -0.15) is 16.3 Å². The number of nitrogens with zero attached hydrogens (tertiary/aromatic N) is 3. The first kappa shape index (κ1) is 19.9. The van der Waals surface area contributed by atoms with Crippen molar-refractivity contribution in [3.63, 3.8) is 0 Å². The molecule has 5 nitrogen and oxygen atoms in total. The smallest absolute Gasteiger partial charge is 0.227 e. The number of aromatic nitrogens is 2. The fraction of sp³-hybridized carbons (Fsp3) is 0.316. The van der Waals surface area contributed by atoms with Crippen molar-refractivity contribution in [3.8, 4) is 11.4 Å². The SMILES string of the molecule is CC(C)N(Cc1ccc(Cl)c(Cl)c1)C(=O)CCc1nc(-c2ccsc2)no1. The van der Waals surface area contributed by atoms with E-state index in [1.54, 1.807) is 28.4 Å². The lowest BCUT2D eigenvalue weighted by Gasteiger charge is -2.27. The molecule has 2 heterocycles. The lowest BCUT2D eigenvalue weighted by atomic mass is 10.1. The van der Waals surface area contributed by atoms with Crippen molar-refractivity contribution in [1.82, 2.24) is 15.0 Å². The molecule has 142 valence electrons. The van der Waals surface area contributed by atoms with Crippen LogP contribution in [-0.2, 0) is 17.8 Å². The third-order valence-electron chi connectivity index (χ3n) is 4.08. The molecular weight excluding hydrogens is 405 g/mol. The van der Waals surface area contributed by atoms with Crippen molar-refractivity contribution in [2.45, 2.75) is 39.3 Å². The average molecular weight is 424 g/mol. The summed E-state index contributed by atoms with van der Waals surface area (Å²) in [5.41, 5.74) is 1.86. The van der Waals surface area contributed by atoms with Gasteiger partial charge < -0.3 is 9.42 Å². The number of thiophene rings is 1. The summed E-state index contributed by atoms with van der Waals surface area (Å²) < 4.78 is 5.27. The molecule has 1 amide bonds. The summed E-state index contributed by atoms with van der Waals surface area (Å²) in [4.78, 5) is 18.9. The van der Waals surface area contributed by atoms with E-state index in [1.165, 1.54) is 0 Å². The zero-order valence-corrected chi connectivity index (χ0v) is 17.3. The summed E-state index contributed by atoms with van der Waals surface area (Å²) in [6, 6.07) is 7.39. The number of aryl methyl sites for hydroxylation is 1. The molecule has 0 atom stereocenters. The minimum Gasteiger partial charge on any atom is -0.339 e. The van der Waals surface area contributed by atoms with Gasteiger partial charge in [-0.05, 0) is 43.0 Å². The van der Waals surface area contributed by atoms with E-state index in [1.807, 2.05) is 36.7 Å². The van der Waals surface area contributed by atoms with Crippen LogP contribution in [0.15, 0.2) is 39.5 Å². The van der Waals surface area contributed by atoms with E-state index in [0.29, 0.717) is 41.1 Å². The summed E-state index contributed by atoms with van der Waals surface area (Å²) in [6.07, 6.45) is 0.700. The maximum absolute atomic E-state index is 12.7. The lowest BCUT2D eigenvalue weighted by molar-refractivity contribution is -0.133. The zero-order chi connectivity index (χ0) is 19.4. The van der Waals surface area contributed by atoms with Gasteiger partial charge in [0.05, 0.1) is 10.0 Å². The van der Waals surface area contributed by atoms with Gasteiger partial charge in [0, 0.05) is 36.4 Å². The normalized spacial score (nSPS) is 11.1. The first-order chi connectivity index (χ1) is 12.9. The number of rotatable bonds is 7. The Bertz CT molecular complexity index is 910. The van der Waals surface area contributed by atoms with Crippen LogP contribution in [0.3, 0.4) is 0 Å². The Kier molecular flexibility index (Phi) is 6.52. The van der Waals surface area contributed by atoms with Crippen LogP contribution >= 0.6 is 34.5 Å². The number of carbonyl (C=O) groups excluding carboxylic acids is 1. The topological polar surface area (TPSA) is 59.2 Å². The molecule has 2 aromatic heterocycles. The highest BCUT2D eigenvalue weighted by Crippen LogP contribution is 2.24. The molecule has 1 aromatic carbocycles. The quantitative estimate of drug-likeness (QED) is 0.504. The average Bonchev–Trinajstić information content (AvgIpc) is 3.31. The first-order valence-corrected chi connectivity index (χ1v) is 10.2. The van der Waals surface area contributed by atoms with Gasteiger partial charge >= 0.3 is 0 Å². The third-order valence-corrected chi connectivity index (χ3v) is 5.50. The van der Waals surface area contributed by atoms with Gasteiger partial charge in [-0.25, -0.2) is 0 Å². The molecule has 0 unspecified atom stereocenters. The number of benzene rings is 1. The van der Waals surface area contributed by atoms with Crippen LogP contribution in [0.4, 0.5) is 0 Å². The van der Waals surface area contributed by atoms with Gasteiger partial charge in [-0.3, -0.25) is 4.79 Å². The number of hydrogen-bond acceptors (Lipinski definition) is 5. The molecule has 0 fully saturated rings. The predicted octanol–water partition coefficient (Wildman–Crippen LogP) is 5.47. The van der Waals surface area contributed by atoms with Crippen molar-refractivity contribution >= 4 is 40.4 Å². The molecule has 0 spiro atoms. The minimum absolute atomic E-state index is 0.0198. The van der Waals surface area contributed by atoms with Crippen molar-refractivity contribution in [1.29, 1.82) is 0 Å². The van der Waals surface area contributed by atoms with Crippen molar-refractivity contribution in [2.75, 3.05) is 0 Å². The minimum atomic E-state index is 0.0198. The number of carbonyl (C=O) groups is 1. The Hall–Kier alpha value is -1.89. The van der Waals surface area contributed by atoms with Crippen LogP contribution in [0.2, 0.25) is 10.0 Å². The molecule has 27 heavy (non-hydrogen) atoms. The van der Waals surface area contributed by atoms with Gasteiger partial charge in [0.1, 0.15) is 0 Å². The van der Waals surface area contributed by atoms with Crippen LogP contribution < -0.4 is 0 Å². The molecule has 0 aliphatic heterocycles.